The molecule has 116 valence electrons. The molecule has 3 fully saturated rings. The Kier molecular flexibility index (Phi) is 3.89. The monoisotopic (exact) mass is 288 g/mol. The first-order valence-corrected chi connectivity index (χ1v) is 8.93. The average molecular weight is 288 g/mol. The van der Waals surface area contributed by atoms with Crippen LogP contribution in [0.2, 0.25) is 0 Å². The smallest absolute Gasteiger partial charge is 0.205 e. The van der Waals surface area contributed by atoms with E-state index in [9.17, 15) is 0 Å². The highest BCUT2D eigenvalue weighted by molar-refractivity contribution is 5.33. The van der Waals surface area contributed by atoms with E-state index in [-0.39, 0.29) is 0 Å². The zero-order valence-corrected chi connectivity index (χ0v) is 13.0. The van der Waals surface area contributed by atoms with Crippen molar-refractivity contribution < 1.29 is 0 Å². The quantitative estimate of drug-likeness (QED) is 0.928. The molecule has 0 aromatic carbocycles. The molecule has 1 saturated carbocycles. The van der Waals surface area contributed by atoms with Crippen LogP contribution in [0.15, 0.2) is 12.4 Å². The van der Waals surface area contributed by atoms with Crippen molar-refractivity contribution in [3.63, 3.8) is 0 Å². The summed E-state index contributed by atoms with van der Waals surface area (Å²) in [7, 11) is 0. The minimum absolute atomic E-state index is 0.705. The number of imidazole rings is 1. The molecule has 0 amide bonds. The second-order valence-corrected chi connectivity index (χ2v) is 7.10. The standard InChI is InChI=1S/C17H28N4/c1-2-5-15(4-1)21-13-10-19-17(21)20-11-7-14(8-12-20)16-6-3-9-18-16/h10,13-16,18H,1-9,11-12H2. The fourth-order valence-corrected chi connectivity index (χ4v) is 4.63. The van der Waals surface area contributed by atoms with Gasteiger partial charge in [0.2, 0.25) is 5.95 Å². The van der Waals surface area contributed by atoms with Gasteiger partial charge in [0.1, 0.15) is 0 Å². The van der Waals surface area contributed by atoms with Crippen molar-refractivity contribution in [2.24, 2.45) is 5.92 Å². The van der Waals surface area contributed by atoms with Crippen molar-refractivity contribution in [2.75, 3.05) is 24.5 Å². The third kappa shape index (κ3) is 2.70. The van der Waals surface area contributed by atoms with Gasteiger partial charge >= 0.3 is 0 Å². The minimum atomic E-state index is 0.705. The van der Waals surface area contributed by atoms with Gasteiger partial charge in [0.15, 0.2) is 0 Å². The molecule has 1 unspecified atom stereocenters. The highest BCUT2D eigenvalue weighted by Crippen LogP contribution is 2.34. The molecule has 0 bridgehead atoms. The molecule has 4 heteroatoms. The number of anilines is 1. The molecule has 0 spiro atoms. The lowest BCUT2D eigenvalue weighted by atomic mass is 9.89. The fraction of sp³-hybridized carbons (Fsp3) is 0.824. The van der Waals surface area contributed by atoms with Crippen molar-refractivity contribution in [1.29, 1.82) is 0 Å². The number of nitrogens with one attached hydrogen (secondary N) is 1. The van der Waals surface area contributed by atoms with E-state index >= 15 is 0 Å². The average Bonchev–Trinajstić information content (AvgIpc) is 3.27. The van der Waals surface area contributed by atoms with E-state index < -0.39 is 0 Å². The van der Waals surface area contributed by atoms with Crippen LogP contribution in [0.1, 0.15) is 57.4 Å². The van der Waals surface area contributed by atoms with E-state index in [0.717, 1.165) is 12.0 Å². The lowest BCUT2D eigenvalue weighted by Gasteiger charge is -2.36. The van der Waals surface area contributed by atoms with Crippen molar-refractivity contribution in [3.8, 4) is 0 Å². The first-order valence-electron chi connectivity index (χ1n) is 8.93. The molecule has 1 aromatic heterocycles. The Labute approximate surface area is 127 Å². The molecule has 1 aromatic rings. The Morgan fingerprint density at radius 1 is 1.00 bits per heavy atom. The maximum atomic E-state index is 4.68. The Morgan fingerprint density at radius 2 is 1.81 bits per heavy atom. The van der Waals surface area contributed by atoms with Crippen molar-refractivity contribution in [3.05, 3.63) is 12.4 Å². The Bertz CT molecular complexity index is 449. The molecule has 4 rings (SSSR count). The van der Waals surface area contributed by atoms with Crippen LogP contribution in [0.5, 0.6) is 0 Å². The molecule has 0 radical (unpaired) electrons. The van der Waals surface area contributed by atoms with Gasteiger partial charge in [-0.25, -0.2) is 4.98 Å². The van der Waals surface area contributed by atoms with Crippen molar-refractivity contribution >= 4 is 5.95 Å². The SMILES string of the molecule is c1cn(C2CCCC2)c(N2CCC(C3CCCN3)CC2)n1. The summed E-state index contributed by atoms with van der Waals surface area (Å²) in [6.07, 6.45) is 15.1. The zero-order chi connectivity index (χ0) is 14.1. The molecular formula is C17H28N4. The van der Waals surface area contributed by atoms with Crippen molar-refractivity contribution in [1.82, 2.24) is 14.9 Å². The van der Waals surface area contributed by atoms with Gasteiger partial charge in [0, 0.05) is 37.6 Å². The lowest BCUT2D eigenvalue weighted by molar-refractivity contribution is 0.315. The molecule has 4 nitrogen and oxygen atoms in total. The summed E-state index contributed by atoms with van der Waals surface area (Å²) < 4.78 is 2.46. The molecule has 3 aliphatic rings. The van der Waals surface area contributed by atoms with Gasteiger partial charge in [-0.1, -0.05) is 12.8 Å². The summed E-state index contributed by atoms with van der Waals surface area (Å²) in [4.78, 5) is 7.21. The van der Waals surface area contributed by atoms with Crippen LogP contribution in [0.25, 0.3) is 0 Å². The molecule has 21 heavy (non-hydrogen) atoms. The molecule has 3 heterocycles. The highest BCUT2D eigenvalue weighted by atomic mass is 15.3. The first kappa shape index (κ1) is 13.6. The Hall–Kier alpha value is -1.03. The van der Waals surface area contributed by atoms with Gasteiger partial charge in [0.05, 0.1) is 0 Å². The summed E-state index contributed by atoms with van der Waals surface area (Å²) in [5.74, 6) is 2.12. The number of piperidine rings is 1. The van der Waals surface area contributed by atoms with Gasteiger partial charge in [0.25, 0.3) is 0 Å². The second kappa shape index (κ2) is 5.99. The molecular weight excluding hydrogens is 260 g/mol. The molecule has 1 atom stereocenters. The van der Waals surface area contributed by atoms with Gasteiger partial charge in [-0.3, -0.25) is 0 Å². The summed E-state index contributed by atoms with van der Waals surface area (Å²) >= 11 is 0. The Morgan fingerprint density at radius 3 is 2.52 bits per heavy atom. The zero-order valence-electron chi connectivity index (χ0n) is 13.0. The number of rotatable bonds is 3. The Balaban J connectivity index is 1.40. The number of nitrogens with zero attached hydrogens (tertiary/aromatic N) is 3. The molecule has 2 aliphatic heterocycles. The van der Waals surface area contributed by atoms with Crippen LogP contribution in [-0.2, 0) is 0 Å². The number of aromatic nitrogens is 2. The van der Waals surface area contributed by atoms with Gasteiger partial charge in [-0.15, -0.1) is 0 Å². The highest BCUT2D eigenvalue weighted by Gasteiger charge is 2.30. The van der Waals surface area contributed by atoms with Crippen LogP contribution in [0.4, 0.5) is 5.95 Å². The first-order chi connectivity index (χ1) is 10.4. The van der Waals surface area contributed by atoms with Crippen LogP contribution in [0.3, 0.4) is 0 Å². The van der Waals surface area contributed by atoms with Crippen LogP contribution in [-0.4, -0.2) is 35.2 Å². The minimum Gasteiger partial charge on any atom is -0.342 e. The third-order valence-corrected chi connectivity index (χ3v) is 5.86. The second-order valence-electron chi connectivity index (χ2n) is 7.10. The molecule has 1 N–H and O–H groups in total. The largest absolute Gasteiger partial charge is 0.342 e. The van der Waals surface area contributed by atoms with Gasteiger partial charge in [-0.2, -0.15) is 0 Å². The van der Waals surface area contributed by atoms with Crippen LogP contribution < -0.4 is 10.2 Å². The van der Waals surface area contributed by atoms with Gasteiger partial charge < -0.3 is 14.8 Å². The van der Waals surface area contributed by atoms with E-state index in [1.165, 1.54) is 76.9 Å². The molecule has 2 saturated heterocycles. The molecule has 1 aliphatic carbocycles. The van der Waals surface area contributed by atoms with E-state index in [1.54, 1.807) is 0 Å². The number of hydrogen-bond donors (Lipinski definition) is 1. The summed E-state index contributed by atoms with van der Waals surface area (Å²) in [5, 5.41) is 3.69. The van der Waals surface area contributed by atoms with Crippen molar-refractivity contribution in [2.45, 2.75) is 63.5 Å². The third-order valence-electron chi connectivity index (χ3n) is 5.86. The van der Waals surface area contributed by atoms with Crippen LogP contribution >= 0.6 is 0 Å². The summed E-state index contributed by atoms with van der Waals surface area (Å²) in [5.41, 5.74) is 0. The van der Waals surface area contributed by atoms with Crippen LogP contribution in [0, 0.1) is 5.92 Å². The van der Waals surface area contributed by atoms with E-state index in [0.29, 0.717) is 6.04 Å². The van der Waals surface area contributed by atoms with E-state index in [2.05, 4.69) is 26.0 Å². The maximum absolute atomic E-state index is 4.68. The topological polar surface area (TPSA) is 33.1 Å². The summed E-state index contributed by atoms with van der Waals surface area (Å²) in [6.45, 7) is 3.61. The van der Waals surface area contributed by atoms with Gasteiger partial charge in [-0.05, 0) is 51.0 Å². The predicted octanol–water partition coefficient (Wildman–Crippen LogP) is 2.97. The van der Waals surface area contributed by atoms with E-state index in [4.69, 9.17) is 0 Å². The number of hydrogen-bond acceptors (Lipinski definition) is 3. The fourth-order valence-electron chi connectivity index (χ4n) is 4.63. The predicted molar refractivity (Wildman–Crippen MR) is 85.7 cm³/mol. The normalized spacial score (nSPS) is 28.6. The maximum Gasteiger partial charge on any atom is 0.205 e. The lowest BCUT2D eigenvalue weighted by Crippen LogP contribution is -2.42. The van der Waals surface area contributed by atoms with E-state index in [1.807, 2.05) is 6.20 Å². The summed E-state index contributed by atoms with van der Waals surface area (Å²) in [6, 6.07) is 1.50.